The molecule has 0 aliphatic heterocycles. The van der Waals surface area contributed by atoms with Crippen molar-refractivity contribution in [3.8, 4) is 5.69 Å². The van der Waals surface area contributed by atoms with Gasteiger partial charge in [-0.3, -0.25) is 4.79 Å². The molecule has 0 spiro atoms. The molecule has 0 bridgehead atoms. The van der Waals surface area contributed by atoms with Crippen LogP contribution in [0.4, 0.5) is 10.1 Å². The fourth-order valence-corrected chi connectivity index (χ4v) is 3.73. The number of hydrogen-bond acceptors (Lipinski definition) is 5. The molecule has 2 fully saturated rings. The number of tetrazole rings is 1. The van der Waals surface area contributed by atoms with Crippen molar-refractivity contribution in [3.63, 3.8) is 0 Å². The van der Waals surface area contributed by atoms with Gasteiger partial charge < -0.3 is 11.1 Å². The van der Waals surface area contributed by atoms with Crippen LogP contribution in [0.5, 0.6) is 0 Å². The Morgan fingerprint density at radius 1 is 1.33 bits per heavy atom. The Kier molecular flexibility index (Phi) is 5.48. The van der Waals surface area contributed by atoms with Crippen LogP contribution in [0.25, 0.3) is 5.69 Å². The van der Waals surface area contributed by atoms with Crippen LogP contribution >= 0.6 is 12.4 Å². The molecular weight excluding hydrogens is 371 g/mol. The zero-order chi connectivity index (χ0) is 18.3. The van der Waals surface area contributed by atoms with Gasteiger partial charge in [0.1, 0.15) is 11.5 Å². The van der Waals surface area contributed by atoms with Crippen molar-refractivity contribution >= 4 is 24.0 Å². The van der Waals surface area contributed by atoms with E-state index < -0.39 is 11.4 Å². The summed E-state index contributed by atoms with van der Waals surface area (Å²) < 4.78 is 15.8. The Morgan fingerprint density at radius 3 is 2.81 bits per heavy atom. The molecule has 2 aliphatic carbocycles. The number of rotatable bonds is 4. The van der Waals surface area contributed by atoms with Crippen LogP contribution in [0.15, 0.2) is 18.2 Å². The van der Waals surface area contributed by atoms with E-state index in [4.69, 9.17) is 5.73 Å². The van der Waals surface area contributed by atoms with E-state index in [1.807, 2.05) is 6.92 Å². The molecule has 1 heterocycles. The van der Waals surface area contributed by atoms with Gasteiger partial charge in [-0.15, -0.1) is 17.5 Å². The number of aromatic nitrogens is 4. The van der Waals surface area contributed by atoms with Gasteiger partial charge in [-0.1, -0.05) is 12.8 Å². The third-order valence-corrected chi connectivity index (χ3v) is 5.45. The van der Waals surface area contributed by atoms with Crippen LogP contribution in [0.2, 0.25) is 0 Å². The van der Waals surface area contributed by atoms with Crippen LogP contribution in [0.3, 0.4) is 0 Å². The largest absolute Gasteiger partial charge is 0.326 e. The Morgan fingerprint density at radius 2 is 2.11 bits per heavy atom. The predicted octanol–water partition coefficient (Wildman–Crippen LogP) is 2.95. The lowest BCUT2D eigenvalue weighted by molar-refractivity contribution is -0.122. The maximum Gasteiger partial charge on any atom is 0.229 e. The number of nitrogens with zero attached hydrogens (tertiary/aromatic N) is 4. The Bertz CT molecular complexity index is 835. The normalized spacial score (nSPS) is 24.9. The number of hydrogen-bond donors (Lipinski definition) is 2. The summed E-state index contributed by atoms with van der Waals surface area (Å²) in [6.45, 7) is 1.93. The number of anilines is 1. The van der Waals surface area contributed by atoms with Gasteiger partial charge in [0, 0.05) is 17.1 Å². The van der Waals surface area contributed by atoms with Gasteiger partial charge >= 0.3 is 0 Å². The molecule has 9 heteroatoms. The fraction of sp³-hybridized carbons (Fsp3) is 0.556. The Hall–Kier alpha value is -2.06. The molecule has 3 N–H and O–H groups in total. The second-order valence-corrected chi connectivity index (χ2v) is 7.68. The molecule has 1 aromatic carbocycles. The lowest BCUT2D eigenvalue weighted by atomic mass is 9.74. The van der Waals surface area contributed by atoms with Crippen molar-refractivity contribution in [2.45, 2.75) is 56.9 Å². The third-order valence-electron chi connectivity index (χ3n) is 5.45. The first-order valence-corrected chi connectivity index (χ1v) is 9.13. The SMILES string of the molecule is CC1(N)CCCCC1C(=O)Nc1ccc(F)c(-n2nnnc2C2CC2)c1.Cl. The summed E-state index contributed by atoms with van der Waals surface area (Å²) >= 11 is 0. The summed E-state index contributed by atoms with van der Waals surface area (Å²) in [5.74, 6) is 0.141. The van der Waals surface area contributed by atoms with Crippen LogP contribution in [-0.2, 0) is 4.79 Å². The molecule has 146 valence electrons. The van der Waals surface area contributed by atoms with Crippen molar-refractivity contribution in [2.75, 3.05) is 5.32 Å². The highest BCUT2D eigenvalue weighted by atomic mass is 35.5. The summed E-state index contributed by atoms with van der Waals surface area (Å²) in [4.78, 5) is 12.7. The van der Waals surface area contributed by atoms with Gasteiger partial charge in [0.05, 0.1) is 5.92 Å². The number of halogens is 2. The first kappa shape index (κ1) is 19.7. The van der Waals surface area contributed by atoms with Crippen LogP contribution < -0.4 is 11.1 Å². The molecule has 1 amide bonds. The minimum absolute atomic E-state index is 0. The summed E-state index contributed by atoms with van der Waals surface area (Å²) in [6.07, 6.45) is 5.65. The second-order valence-electron chi connectivity index (χ2n) is 7.68. The highest BCUT2D eigenvalue weighted by Crippen LogP contribution is 2.39. The predicted molar refractivity (Wildman–Crippen MR) is 102 cm³/mol. The van der Waals surface area contributed by atoms with Gasteiger partial charge in [-0.05, 0) is 61.2 Å². The molecule has 27 heavy (non-hydrogen) atoms. The number of benzene rings is 1. The van der Waals surface area contributed by atoms with Crippen molar-refractivity contribution in [1.82, 2.24) is 20.2 Å². The minimum Gasteiger partial charge on any atom is -0.326 e. The minimum atomic E-state index is -0.514. The summed E-state index contributed by atoms with van der Waals surface area (Å²) in [7, 11) is 0. The molecule has 7 nitrogen and oxygen atoms in total. The standard InChI is InChI=1S/C18H23FN6O.ClH/c1-18(20)9-3-2-4-13(18)17(26)21-12-7-8-14(19)15(10-12)25-16(11-5-6-11)22-23-24-25;/h7-8,10-11,13H,2-6,9,20H2,1H3,(H,21,26);1H. The van der Waals surface area contributed by atoms with E-state index in [9.17, 15) is 9.18 Å². The monoisotopic (exact) mass is 394 g/mol. The molecule has 0 saturated heterocycles. The van der Waals surface area contributed by atoms with E-state index in [0.717, 1.165) is 38.5 Å². The highest BCUT2D eigenvalue weighted by molar-refractivity contribution is 5.93. The van der Waals surface area contributed by atoms with E-state index in [-0.39, 0.29) is 35.8 Å². The van der Waals surface area contributed by atoms with Gasteiger partial charge in [0.25, 0.3) is 0 Å². The lowest BCUT2D eigenvalue weighted by Gasteiger charge is -2.37. The molecule has 2 atom stereocenters. The smallest absolute Gasteiger partial charge is 0.229 e. The van der Waals surface area contributed by atoms with Gasteiger partial charge in [-0.2, -0.15) is 4.68 Å². The topological polar surface area (TPSA) is 98.7 Å². The lowest BCUT2D eigenvalue weighted by Crippen LogP contribution is -2.51. The average Bonchev–Trinajstić information content (AvgIpc) is 3.33. The zero-order valence-electron chi connectivity index (χ0n) is 15.2. The molecule has 0 radical (unpaired) electrons. The van der Waals surface area contributed by atoms with Crippen molar-refractivity contribution in [2.24, 2.45) is 11.7 Å². The molecule has 1 aromatic heterocycles. The Labute approximate surface area is 163 Å². The van der Waals surface area contributed by atoms with E-state index in [2.05, 4.69) is 20.8 Å². The van der Waals surface area contributed by atoms with Gasteiger partial charge in [0.15, 0.2) is 5.82 Å². The van der Waals surface area contributed by atoms with Crippen LogP contribution in [-0.4, -0.2) is 31.7 Å². The van der Waals surface area contributed by atoms with E-state index >= 15 is 0 Å². The molecule has 2 aliphatic rings. The van der Waals surface area contributed by atoms with Crippen molar-refractivity contribution in [1.29, 1.82) is 0 Å². The first-order chi connectivity index (χ1) is 12.5. The van der Waals surface area contributed by atoms with Crippen molar-refractivity contribution < 1.29 is 9.18 Å². The first-order valence-electron chi connectivity index (χ1n) is 9.13. The molecule has 2 saturated carbocycles. The van der Waals surface area contributed by atoms with Gasteiger partial charge in [0.2, 0.25) is 5.91 Å². The van der Waals surface area contributed by atoms with Gasteiger partial charge in [-0.25, -0.2) is 4.39 Å². The van der Waals surface area contributed by atoms with Crippen LogP contribution in [0.1, 0.15) is 57.2 Å². The highest BCUT2D eigenvalue weighted by Gasteiger charge is 2.38. The maximum atomic E-state index is 14.4. The van der Waals surface area contributed by atoms with E-state index in [1.165, 1.54) is 10.7 Å². The second kappa shape index (κ2) is 7.52. The quantitative estimate of drug-likeness (QED) is 0.830. The number of nitrogens with one attached hydrogen (secondary N) is 1. The van der Waals surface area contributed by atoms with E-state index in [0.29, 0.717) is 11.5 Å². The maximum absolute atomic E-state index is 14.4. The molecule has 2 aromatic rings. The summed E-state index contributed by atoms with van der Waals surface area (Å²) in [5, 5.41) is 14.5. The van der Waals surface area contributed by atoms with Crippen molar-refractivity contribution in [3.05, 3.63) is 29.8 Å². The number of carbonyl (C=O) groups is 1. The zero-order valence-corrected chi connectivity index (χ0v) is 16.0. The average molecular weight is 395 g/mol. The van der Waals surface area contributed by atoms with E-state index in [1.54, 1.807) is 12.1 Å². The third kappa shape index (κ3) is 3.96. The molecular formula is C18H24ClFN6O. The fourth-order valence-electron chi connectivity index (χ4n) is 3.73. The van der Waals surface area contributed by atoms with Crippen LogP contribution in [0, 0.1) is 11.7 Å². The molecule has 2 unspecified atom stereocenters. The Balaban J connectivity index is 0.00000210. The number of amides is 1. The number of nitrogens with two attached hydrogens (primary N) is 1. The molecule has 4 rings (SSSR count). The summed E-state index contributed by atoms with van der Waals surface area (Å²) in [6, 6.07) is 4.45. The number of carbonyl (C=O) groups excluding carboxylic acids is 1. The summed E-state index contributed by atoms with van der Waals surface area (Å²) in [5.41, 5.74) is 6.57.